The van der Waals surface area contributed by atoms with Crippen LogP contribution < -0.4 is 9.62 Å². The molecule has 1 aromatic heterocycles. The van der Waals surface area contributed by atoms with Crippen molar-refractivity contribution < 1.29 is 13.2 Å². The first kappa shape index (κ1) is 23.1. The zero-order chi connectivity index (χ0) is 23.4. The van der Waals surface area contributed by atoms with Gasteiger partial charge in [0.15, 0.2) is 0 Å². The highest BCUT2D eigenvalue weighted by atomic mass is 79.9. The third kappa shape index (κ3) is 5.47. The molecule has 4 rings (SSSR count). The molecular weight excluding hydrogens is 524 g/mol. The van der Waals surface area contributed by atoms with Crippen LogP contribution in [0.3, 0.4) is 0 Å². The van der Waals surface area contributed by atoms with Gasteiger partial charge in [-0.25, -0.2) is 8.42 Å². The van der Waals surface area contributed by atoms with E-state index in [9.17, 15) is 13.2 Å². The van der Waals surface area contributed by atoms with Crippen molar-refractivity contribution in [1.29, 1.82) is 0 Å². The van der Waals surface area contributed by atoms with E-state index in [4.69, 9.17) is 0 Å². The van der Waals surface area contributed by atoms with E-state index in [-0.39, 0.29) is 4.90 Å². The Hall–Kier alpha value is -3.08. The summed E-state index contributed by atoms with van der Waals surface area (Å²) in [6.45, 7) is 1.46. The van der Waals surface area contributed by atoms with Gasteiger partial charge >= 0.3 is 0 Å². The maximum atomic E-state index is 13.4. The summed E-state index contributed by atoms with van der Waals surface area (Å²) in [5.74, 6) is -0.524. The van der Waals surface area contributed by atoms with E-state index in [1.807, 2.05) is 37.3 Å². The number of carbonyl (C=O) groups is 1. The minimum atomic E-state index is -3.98. The fourth-order valence-electron chi connectivity index (χ4n) is 3.02. The van der Waals surface area contributed by atoms with Crippen molar-refractivity contribution in [1.82, 2.24) is 10.2 Å². The minimum absolute atomic E-state index is 0.103. The van der Waals surface area contributed by atoms with Gasteiger partial charge in [0, 0.05) is 10.0 Å². The maximum Gasteiger partial charge on any atom is 0.264 e. The lowest BCUT2D eigenvalue weighted by Crippen LogP contribution is -2.38. The van der Waals surface area contributed by atoms with Crippen LogP contribution in [-0.4, -0.2) is 31.1 Å². The van der Waals surface area contributed by atoms with Crippen LogP contribution in [0, 0.1) is 6.92 Å². The van der Waals surface area contributed by atoms with Crippen molar-refractivity contribution in [3.05, 3.63) is 88.9 Å². The van der Waals surface area contributed by atoms with Gasteiger partial charge in [0.1, 0.15) is 11.6 Å². The summed E-state index contributed by atoms with van der Waals surface area (Å²) in [6, 6.07) is 22.7. The summed E-state index contributed by atoms with van der Waals surface area (Å²) < 4.78 is 28.7. The molecule has 0 bridgehead atoms. The Labute approximate surface area is 204 Å². The number of amides is 1. The molecule has 0 spiro atoms. The Morgan fingerprint density at radius 3 is 2.30 bits per heavy atom. The molecule has 1 N–H and O–H groups in total. The molecule has 0 saturated heterocycles. The van der Waals surface area contributed by atoms with Crippen LogP contribution in [-0.2, 0) is 14.8 Å². The lowest BCUT2D eigenvalue weighted by atomic mass is 10.2. The zero-order valence-corrected chi connectivity index (χ0v) is 20.7. The monoisotopic (exact) mass is 542 g/mol. The van der Waals surface area contributed by atoms with Crippen molar-refractivity contribution in [3.63, 3.8) is 0 Å². The molecule has 0 unspecified atom stereocenters. The number of anilines is 2. The number of rotatable bonds is 7. The fraction of sp³-hybridized carbons (Fsp3) is 0.0870. The standard InChI is InChI=1S/C23H19BrN4O3S2/c1-16-7-13-20(14-8-16)33(30,31)28(19-11-9-18(24)10-12-19)15-21(29)25-23-27-26-22(32-23)17-5-3-2-4-6-17/h2-14H,15H2,1H3,(H,25,27,29). The van der Waals surface area contributed by atoms with E-state index < -0.39 is 22.5 Å². The van der Waals surface area contributed by atoms with E-state index in [2.05, 4.69) is 31.4 Å². The maximum absolute atomic E-state index is 13.4. The molecule has 168 valence electrons. The molecule has 0 saturated carbocycles. The van der Waals surface area contributed by atoms with E-state index >= 15 is 0 Å². The topological polar surface area (TPSA) is 92.3 Å². The summed E-state index contributed by atoms with van der Waals surface area (Å²) in [5, 5.41) is 11.7. The first-order chi connectivity index (χ1) is 15.8. The molecule has 33 heavy (non-hydrogen) atoms. The minimum Gasteiger partial charge on any atom is -0.299 e. The molecule has 0 aliphatic carbocycles. The van der Waals surface area contributed by atoms with Gasteiger partial charge in [-0.2, -0.15) is 0 Å². The zero-order valence-electron chi connectivity index (χ0n) is 17.5. The third-order valence-corrected chi connectivity index (χ3v) is 7.91. The first-order valence-electron chi connectivity index (χ1n) is 9.87. The fourth-order valence-corrected chi connectivity index (χ4v) is 5.47. The second-order valence-electron chi connectivity index (χ2n) is 7.13. The smallest absolute Gasteiger partial charge is 0.264 e. The number of aromatic nitrogens is 2. The number of benzene rings is 3. The van der Waals surface area contributed by atoms with Crippen LogP contribution in [0.25, 0.3) is 10.6 Å². The average molecular weight is 543 g/mol. The SMILES string of the molecule is Cc1ccc(S(=O)(=O)N(CC(=O)Nc2nnc(-c3ccccc3)s2)c2ccc(Br)cc2)cc1. The van der Waals surface area contributed by atoms with Gasteiger partial charge in [-0.15, -0.1) is 10.2 Å². The summed E-state index contributed by atoms with van der Waals surface area (Å²) in [7, 11) is -3.98. The molecule has 3 aromatic carbocycles. The van der Waals surface area contributed by atoms with Crippen molar-refractivity contribution in [3.8, 4) is 10.6 Å². The number of halogens is 1. The third-order valence-electron chi connectivity index (χ3n) is 4.70. The molecule has 0 radical (unpaired) electrons. The molecular formula is C23H19BrN4O3S2. The van der Waals surface area contributed by atoms with Crippen LogP contribution in [0.4, 0.5) is 10.8 Å². The molecule has 7 nitrogen and oxygen atoms in total. The Kier molecular flexibility index (Phi) is 6.87. The largest absolute Gasteiger partial charge is 0.299 e. The molecule has 0 atom stereocenters. The quantitative estimate of drug-likeness (QED) is 0.350. The Bertz CT molecular complexity index is 1360. The average Bonchev–Trinajstić information content (AvgIpc) is 3.27. The number of hydrogen-bond donors (Lipinski definition) is 1. The number of nitrogens with zero attached hydrogens (tertiary/aromatic N) is 3. The van der Waals surface area contributed by atoms with Crippen molar-refractivity contribution >= 4 is 54.0 Å². The summed E-state index contributed by atoms with van der Waals surface area (Å²) in [5.41, 5.74) is 2.19. The molecule has 0 fully saturated rings. The first-order valence-corrected chi connectivity index (χ1v) is 12.9. The number of nitrogens with one attached hydrogen (secondary N) is 1. The second kappa shape index (κ2) is 9.82. The van der Waals surface area contributed by atoms with E-state index in [0.717, 1.165) is 19.9 Å². The molecule has 0 aliphatic heterocycles. The summed E-state index contributed by atoms with van der Waals surface area (Å²) in [4.78, 5) is 13.0. The van der Waals surface area contributed by atoms with Gasteiger partial charge in [0.05, 0.1) is 10.6 Å². The van der Waals surface area contributed by atoms with E-state index in [1.54, 1.807) is 36.4 Å². The predicted molar refractivity (Wildman–Crippen MR) is 134 cm³/mol. The Morgan fingerprint density at radius 1 is 0.970 bits per heavy atom. The van der Waals surface area contributed by atoms with E-state index in [1.165, 1.54) is 23.5 Å². The van der Waals surface area contributed by atoms with Crippen molar-refractivity contribution in [2.24, 2.45) is 0 Å². The van der Waals surface area contributed by atoms with Gasteiger partial charge in [0.2, 0.25) is 11.0 Å². The van der Waals surface area contributed by atoms with Crippen LogP contribution in [0.15, 0.2) is 88.2 Å². The lowest BCUT2D eigenvalue weighted by molar-refractivity contribution is -0.114. The highest BCUT2D eigenvalue weighted by Gasteiger charge is 2.27. The summed E-state index contributed by atoms with van der Waals surface area (Å²) in [6.07, 6.45) is 0. The van der Waals surface area contributed by atoms with Crippen LogP contribution >= 0.6 is 27.3 Å². The number of carbonyl (C=O) groups excluding carboxylic acids is 1. The van der Waals surface area contributed by atoms with Crippen molar-refractivity contribution in [2.75, 3.05) is 16.2 Å². The van der Waals surface area contributed by atoms with Crippen LogP contribution in [0.5, 0.6) is 0 Å². The lowest BCUT2D eigenvalue weighted by Gasteiger charge is -2.24. The van der Waals surface area contributed by atoms with Gasteiger partial charge in [-0.1, -0.05) is 75.3 Å². The van der Waals surface area contributed by atoms with Gasteiger partial charge in [-0.05, 0) is 43.3 Å². The van der Waals surface area contributed by atoms with Gasteiger partial charge < -0.3 is 0 Å². The number of aryl methyl sites for hydroxylation is 1. The molecule has 1 heterocycles. The normalized spacial score (nSPS) is 11.2. The highest BCUT2D eigenvalue weighted by Crippen LogP contribution is 2.28. The highest BCUT2D eigenvalue weighted by molar-refractivity contribution is 9.10. The molecule has 0 aliphatic rings. The van der Waals surface area contributed by atoms with Gasteiger partial charge in [-0.3, -0.25) is 14.4 Å². The predicted octanol–water partition coefficient (Wildman–Crippen LogP) is 5.11. The van der Waals surface area contributed by atoms with Crippen molar-refractivity contribution in [2.45, 2.75) is 11.8 Å². The number of hydrogen-bond acceptors (Lipinski definition) is 6. The molecule has 4 aromatic rings. The van der Waals surface area contributed by atoms with Gasteiger partial charge in [0.25, 0.3) is 10.0 Å². The van der Waals surface area contributed by atoms with E-state index in [0.29, 0.717) is 15.8 Å². The molecule has 10 heteroatoms. The Morgan fingerprint density at radius 2 is 1.64 bits per heavy atom. The van der Waals surface area contributed by atoms with Crippen LogP contribution in [0.1, 0.15) is 5.56 Å². The summed E-state index contributed by atoms with van der Waals surface area (Å²) >= 11 is 4.57. The Balaban J connectivity index is 1.59. The van der Waals surface area contributed by atoms with Crippen LogP contribution in [0.2, 0.25) is 0 Å². The number of sulfonamides is 1. The second-order valence-corrected chi connectivity index (χ2v) is 10.9. The molecule has 1 amide bonds.